The second kappa shape index (κ2) is 7.70. The molecule has 0 radical (unpaired) electrons. The summed E-state index contributed by atoms with van der Waals surface area (Å²) >= 11 is 5.74. The van der Waals surface area contributed by atoms with Crippen molar-refractivity contribution in [2.45, 2.75) is 0 Å². The van der Waals surface area contributed by atoms with E-state index in [1.807, 2.05) is 0 Å². The van der Waals surface area contributed by atoms with Crippen LogP contribution in [0.3, 0.4) is 0 Å². The van der Waals surface area contributed by atoms with E-state index in [4.69, 9.17) is 32.9 Å². The van der Waals surface area contributed by atoms with Crippen molar-refractivity contribution >= 4 is 47.8 Å². The summed E-state index contributed by atoms with van der Waals surface area (Å²) < 4.78 is 5.11. The number of hydrogen-bond donors (Lipinski definition) is 3. The van der Waals surface area contributed by atoms with Crippen LogP contribution in [0.25, 0.3) is 0 Å². The van der Waals surface area contributed by atoms with E-state index in [9.17, 15) is 0 Å². The zero-order valence-corrected chi connectivity index (χ0v) is 10.2. The van der Waals surface area contributed by atoms with Gasteiger partial charge in [-0.2, -0.15) is 0 Å². The van der Waals surface area contributed by atoms with Gasteiger partial charge in [0, 0.05) is 6.07 Å². The third-order valence-corrected chi connectivity index (χ3v) is 1.81. The number of benzene rings is 1. The van der Waals surface area contributed by atoms with Crippen LogP contribution >= 0.6 is 36.4 Å². The average Bonchev–Trinajstić information content (AvgIpc) is 2.09. The van der Waals surface area contributed by atoms with Crippen molar-refractivity contribution in [3.63, 3.8) is 0 Å². The number of aliphatic hydroxyl groups is 1. The molecule has 4 nitrogen and oxygen atoms in total. The summed E-state index contributed by atoms with van der Waals surface area (Å²) in [5, 5.41) is 8.91. The van der Waals surface area contributed by atoms with Crippen molar-refractivity contribution < 1.29 is 9.84 Å². The second-order valence-electron chi connectivity index (χ2n) is 2.48. The molecule has 0 saturated heterocycles. The molecule has 0 aliphatic heterocycles. The lowest BCUT2D eigenvalue weighted by molar-refractivity contribution is 0.202. The van der Waals surface area contributed by atoms with Crippen molar-refractivity contribution in [2.75, 3.05) is 24.7 Å². The van der Waals surface area contributed by atoms with E-state index in [0.29, 0.717) is 22.1 Å². The smallest absolute Gasteiger partial charge is 0.143 e. The van der Waals surface area contributed by atoms with Crippen LogP contribution in [0.15, 0.2) is 12.1 Å². The molecule has 0 aliphatic rings. The summed E-state index contributed by atoms with van der Waals surface area (Å²) in [5.41, 5.74) is 11.9. The number of ether oxygens (including phenoxy) is 1. The maximum absolute atomic E-state index is 8.52. The summed E-state index contributed by atoms with van der Waals surface area (Å²) in [6, 6.07) is 3.05. The van der Waals surface area contributed by atoms with Crippen LogP contribution in [-0.4, -0.2) is 18.3 Å². The third-order valence-electron chi connectivity index (χ3n) is 1.48. The molecule has 15 heavy (non-hydrogen) atoms. The van der Waals surface area contributed by atoms with Crippen LogP contribution in [0.4, 0.5) is 11.4 Å². The van der Waals surface area contributed by atoms with Crippen molar-refractivity contribution in [3.8, 4) is 5.75 Å². The maximum Gasteiger partial charge on any atom is 0.143 e. The first-order valence-corrected chi connectivity index (χ1v) is 4.11. The predicted octanol–water partition coefficient (Wildman–Crippen LogP) is 1.72. The third kappa shape index (κ3) is 4.66. The molecule has 0 atom stereocenters. The van der Waals surface area contributed by atoms with Crippen LogP contribution in [0, 0.1) is 0 Å². The molecule has 0 aliphatic carbocycles. The highest BCUT2D eigenvalue weighted by molar-refractivity contribution is 6.33. The second-order valence-corrected chi connectivity index (χ2v) is 2.89. The van der Waals surface area contributed by atoms with Gasteiger partial charge in [-0.05, 0) is 6.07 Å². The van der Waals surface area contributed by atoms with E-state index in [1.54, 1.807) is 0 Å². The van der Waals surface area contributed by atoms with E-state index < -0.39 is 0 Å². The van der Waals surface area contributed by atoms with Gasteiger partial charge >= 0.3 is 0 Å². The van der Waals surface area contributed by atoms with E-state index in [2.05, 4.69) is 0 Å². The normalized spacial score (nSPS) is 8.67. The Balaban J connectivity index is 0. The Kier molecular flexibility index (Phi) is 8.66. The van der Waals surface area contributed by atoms with Gasteiger partial charge in [-0.25, -0.2) is 0 Å². The Labute approximate surface area is 105 Å². The molecule has 0 spiro atoms. The standard InChI is InChI=1S/C8H11ClN2O2.2ClH/c9-5-3-8(13-2-1-12)7(11)4-6(5)10;;/h3-4,12H,1-2,10-11H2;2*1H. The van der Waals surface area contributed by atoms with Gasteiger partial charge in [0.15, 0.2) is 0 Å². The lowest BCUT2D eigenvalue weighted by Crippen LogP contribution is -2.04. The Bertz CT molecular complexity index is 310. The number of aliphatic hydroxyl groups excluding tert-OH is 1. The summed E-state index contributed by atoms with van der Waals surface area (Å²) in [6.45, 7) is 0.117. The number of nitrogen functional groups attached to an aromatic ring is 2. The zero-order valence-electron chi connectivity index (χ0n) is 7.77. The summed E-state index contributed by atoms with van der Waals surface area (Å²) in [7, 11) is 0. The van der Waals surface area contributed by atoms with Crippen LogP contribution in [0.1, 0.15) is 0 Å². The van der Waals surface area contributed by atoms with Crippen LogP contribution in [-0.2, 0) is 0 Å². The van der Waals surface area contributed by atoms with E-state index >= 15 is 0 Å². The maximum atomic E-state index is 8.52. The Hall–Kier alpha value is -0.550. The molecule has 1 rings (SSSR count). The SMILES string of the molecule is Cl.Cl.Nc1cc(N)c(OCCO)cc1Cl. The van der Waals surface area contributed by atoms with E-state index in [-0.39, 0.29) is 38.0 Å². The number of nitrogens with two attached hydrogens (primary N) is 2. The molecule has 0 saturated carbocycles. The first-order chi connectivity index (χ1) is 6.15. The number of hydrogen-bond acceptors (Lipinski definition) is 4. The highest BCUT2D eigenvalue weighted by Gasteiger charge is 2.04. The summed E-state index contributed by atoms with van der Waals surface area (Å²) in [6.07, 6.45) is 0. The summed E-state index contributed by atoms with van der Waals surface area (Å²) in [5.74, 6) is 0.438. The molecule has 88 valence electrons. The van der Waals surface area contributed by atoms with Gasteiger partial charge in [-0.15, -0.1) is 24.8 Å². The first kappa shape index (κ1) is 16.9. The fourth-order valence-corrected chi connectivity index (χ4v) is 1.02. The monoisotopic (exact) mass is 274 g/mol. The van der Waals surface area contributed by atoms with Crippen LogP contribution < -0.4 is 16.2 Å². The topological polar surface area (TPSA) is 81.5 Å². The van der Waals surface area contributed by atoms with Crippen molar-refractivity contribution in [3.05, 3.63) is 17.2 Å². The zero-order chi connectivity index (χ0) is 9.84. The highest BCUT2D eigenvalue weighted by Crippen LogP contribution is 2.30. The molecular formula is C8H13Cl3N2O2. The molecular weight excluding hydrogens is 262 g/mol. The number of rotatable bonds is 3. The van der Waals surface area contributed by atoms with Gasteiger partial charge in [0.2, 0.25) is 0 Å². The molecule has 1 aromatic carbocycles. The molecule has 7 heteroatoms. The van der Waals surface area contributed by atoms with Crippen molar-refractivity contribution in [2.24, 2.45) is 0 Å². The molecule has 1 aromatic rings. The van der Waals surface area contributed by atoms with Gasteiger partial charge < -0.3 is 21.3 Å². The molecule has 0 amide bonds. The Morgan fingerprint density at radius 2 is 1.80 bits per heavy atom. The fraction of sp³-hybridized carbons (Fsp3) is 0.250. The largest absolute Gasteiger partial charge is 0.489 e. The minimum absolute atomic E-state index is 0. The number of halogens is 3. The van der Waals surface area contributed by atoms with Crippen molar-refractivity contribution in [1.29, 1.82) is 0 Å². The van der Waals surface area contributed by atoms with Crippen LogP contribution in [0.2, 0.25) is 5.02 Å². The lowest BCUT2D eigenvalue weighted by atomic mass is 10.2. The molecule has 0 aromatic heterocycles. The Morgan fingerprint density at radius 1 is 1.20 bits per heavy atom. The minimum atomic E-state index is -0.0680. The van der Waals surface area contributed by atoms with E-state index in [0.717, 1.165) is 0 Å². The lowest BCUT2D eigenvalue weighted by Gasteiger charge is -2.08. The highest BCUT2D eigenvalue weighted by atomic mass is 35.5. The summed E-state index contributed by atoms with van der Waals surface area (Å²) in [4.78, 5) is 0. The predicted molar refractivity (Wildman–Crippen MR) is 67.4 cm³/mol. The van der Waals surface area contributed by atoms with Gasteiger partial charge in [0.1, 0.15) is 12.4 Å². The fourth-order valence-electron chi connectivity index (χ4n) is 0.870. The minimum Gasteiger partial charge on any atom is -0.489 e. The van der Waals surface area contributed by atoms with E-state index in [1.165, 1.54) is 12.1 Å². The molecule has 5 N–H and O–H groups in total. The van der Waals surface area contributed by atoms with Gasteiger partial charge in [-0.3, -0.25) is 0 Å². The first-order valence-electron chi connectivity index (χ1n) is 3.73. The number of anilines is 2. The Morgan fingerprint density at radius 3 is 2.33 bits per heavy atom. The van der Waals surface area contributed by atoms with Crippen LogP contribution in [0.5, 0.6) is 5.75 Å². The quantitative estimate of drug-likeness (QED) is 0.734. The average molecular weight is 276 g/mol. The molecule has 0 bridgehead atoms. The molecule has 0 heterocycles. The van der Waals surface area contributed by atoms with Gasteiger partial charge in [0.25, 0.3) is 0 Å². The molecule has 0 unspecified atom stereocenters. The van der Waals surface area contributed by atoms with Crippen molar-refractivity contribution in [1.82, 2.24) is 0 Å². The van der Waals surface area contributed by atoms with Gasteiger partial charge in [-0.1, -0.05) is 11.6 Å². The van der Waals surface area contributed by atoms with Gasteiger partial charge in [0.05, 0.1) is 23.0 Å². The molecule has 0 fully saturated rings.